The van der Waals surface area contributed by atoms with Crippen molar-refractivity contribution in [2.24, 2.45) is 0 Å². The molecule has 4 heteroatoms. The molecule has 0 N–H and O–H groups in total. The summed E-state index contributed by atoms with van der Waals surface area (Å²) < 4.78 is 17.2. The minimum absolute atomic E-state index is 0.142. The topological polar surface area (TPSA) is 27.7 Å². The molecule has 1 saturated heterocycles. The van der Waals surface area contributed by atoms with Crippen LogP contribution >= 0.6 is 15.9 Å². The van der Waals surface area contributed by atoms with Gasteiger partial charge in [0.2, 0.25) is 0 Å². The van der Waals surface area contributed by atoms with Crippen LogP contribution in [-0.4, -0.2) is 25.4 Å². The van der Waals surface area contributed by atoms with Crippen LogP contribution < -0.4 is 9.47 Å². The van der Waals surface area contributed by atoms with Crippen molar-refractivity contribution in [3.63, 3.8) is 0 Å². The van der Waals surface area contributed by atoms with Crippen molar-refractivity contribution in [2.75, 3.05) is 19.8 Å². The van der Waals surface area contributed by atoms with E-state index in [2.05, 4.69) is 35.0 Å². The van der Waals surface area contributed by atoms with Gasteiger partial charge in [-0.2, -0.15) is 0 Å². The SMILES string of the molecule is CCOc1ccc(C(Br)C2(C)CCCO2)cc1OCC. The van der Waals surface area contributed by atoms with Crippen LogP contribution in [0.2, 0.25) is 0 Å². The molecule has 2 atom stereocenters. The highest BCUT2D eigenvalue weighted by Crippen LogP contribution is 2.44. The van der Waals surface area contributed by atoms with E-state index in [1.165, 1.54) is 5.56 Å². The average molecular weight is 343 g/mol. The molecule has 0 aromatic heterocycles. The number of ether oxygens (including phenoxy) is 3. The first-order valence-electron chi connectivity index (χ1n) is 7.28. The Hall–Kier alpha value is -0.740. The summed E-state index contributed by atoms with van der Waals surface area (Å²) in [5.41, 5.74) is 1.03. The van der Waals surface area contributed by atoms with Crippen LogP contribution in [0.5, 0.6) is 11.5 Å². The zero-order valence-electron chi connectivity index (χ0n) is 12.4. The second-order valence-electron chi connectivity index (χ2n) is 5.20. The van der Waals surface area contributed by atoms with E-state index in [1.807, 2.05) is 19.9 Å². The molecule has 1 aromatic carbocycles. The van der Waals surface area contributed by atoms with E-state index >= 15 is 0 Å². The largest absolute Gasteiger partial charge is 0.490 e. The van der Waals surface area contributed by atoms with Crippen LogP contribution in [0.3, 0.4) is 0 Å². The van der Waals surface area contributed by atoms with Crippen molar-refractivity contribution < 1.29 is 14.2 Å². The maximum absolute atomic E-state index is 5.92. The Morgan fingerprint density at radius 1 is 1.25 bits per heavy atom. The molecule has 1 aliphatic heterocycles. The Morgan fingerprint density at radius 3 is 2.55 bits per heavy atom. The summed E-state index contributed by atoms with van der Waals surface area (Å²) in [6.45, 7) is 8.23. The van der Waals surface area contributed by atoms with Crippen LogP contribution in [-0.2, 0) is 4.74 Å². The number of rotatable bonds is 6. The highest BCUT2D eigenvalue weighted by Gasteiger charge is 2.38. The van der Waals surface area contributed by atoms with Gasteiger partial charge in [-0.15, -0.1) is 0 Å². The molecule has 1 heterocycles. The van der Waals surface area contributed by atoms with E-state index in [9.17, 15) is 0 Å². The van der Waals surface area contributed by atoms with E-state index in [0.29, 0.717) is 13.2 Å². The van der Waals surface area contributed by atoms with Gasteiger partial charge in [0.1, 0.15) is 0 Å². The third-order valence-corrected chi connectivity index (χ3v) is 5.14. The lowest BCUT2D eigenvalue weighted by Crippen LogP contribution is -2.28. The molecule has 1 aliphatic rings. The van der Waals surface area contributed by atoms with E-state index in [0.717, 1.165) is 30.9 Å². The van der Waals surface area contributed by atoms with Gasteiger partial charge in [0.05, 0.1) is 23.6 Å². The van der Waals surface area contributed by atoms with Crippen LogP contribution in [0.15, 0.2) is 18.2 Å². The lowest BCUT2D eigenvalue weighted by molar-refractivity contribution is 0.0197. The maximum atomic E-state index is 5.92. The molecule has 1 aromatic rings. The summed E-state index contributed by atoms with van der Waals surface area (Å²) in [5, 5.41) is 0. The maximum Gasteiger partial charge on any atom is 0.161 e. The van der Waals surface area contributed by atoms with Crippen molar-refractivity contribution in [3.05, 3.63) is 23.8 Å². The molecule has 0 bridgehead atoms. The summed E-state index contributed by atoms with van der Waals surface area (Å²) in [6, 6.07) is 6.12. The van der Waals surface area contributed by atoms with Gasteiger partial charge in [0, 0.05) is 6.61 Å². The minimum Gasteiger partial charge on any atom is -0.490 e. The average Bonchev–Trinajstić information content (AvgIpc) is 2.89. The summed E-state index contributed by atoms with van der Waals surface area (Å²) >= 11 is 3.80. The highest BCUT2D eigenvalue weighted by atomic mass is 79.9. The summed E-state index contributed by atoms with van der Waals surface area (Å²) in [6.07, 6.45) is 2.19. The second-order valence-corrected chi connectivity index (χ2v) is 6.12. The minimum atomic E-state index is -0.142. The monoisotopic (exact) mass is 342 g/mol. The Labute approximate surface area is 129 Å². The molecule has 0 aliphatic carbocycles. The van der Waals surface area contributed by atoms with Gasteiger partial charge in [-0.25, -0.2) is 0 Å². The first kappa shape index (κ1) is 15.6. The quantitative estimate of drug-likeness (QED) is 0.713. The van der Waals surface area contributed by atoms with E-state index in [4.69, 9.17) is 14.2 Å². The molecule has 3 nitrogen and oxygen atoms in total. The van der Waals surface area contributed by atoms with Crippen LogP contribution in [0.4, 0.5) is 0 Å². The Balaban J connectivity index is 2.25. The van der Waals surface area contributed by atoms with Gasteiger partial charge in [-0.3, -0.25) is 0 Å². The zero-order chi connectivity index (χ0) is 14.6. The summed E-state index contributed by atoms with van der Waals surface area (Å²) in [7, 11) is 0. The van der Waals surface area contributed by atoms with Gasteiger partial charge in [-0.05, 0) is 51.3 Å². The molecular weight excluding hydrogens is 320 g/mol. The zero-order valence-corrected chi connectivity index (χ0v) is 14.0. The molecular formula is C16H23BrO3. The van der Waals surface area contributed by atoms with E-state index in [-0.39, 0.29) is 10.4 Å². The number of halogens is 1. The van der Waals surface area contributed by atoms with Gasteiger partial charge < -0.3 is 14.2 Å². The standard InChI is InChI=1S/C16H23BrO3/c1-4-18-13-8-7-12(11-14(13)19-5-2)15(17)16(3)9-6-10-20-16/h7-8,11,15H,4-6,9-10H2,1-3H3. The molecule has 0 amide bonds. The predicted octanol–water partition coefficient (Wildman–Crippen LogP) is 4.49. The van der Waals surface area contributed by atoms with Crippen molar-refractivity contribution in [1.82, 2.24) is 0 Å². The van der Waals surface area contributed by atoms with Crippen molar-refractivity contribution >= 4 is 15.9 Å². The lowest BCUT2D eigenvalue weighted by atomic mass is 9.93. The molecule has 112 valence electrons. The molecule has 0 spiro atoms. The Bertz CT molecular complexity index is 441. The van der Waals surface area contributed by atoms with Gasteiger partial charge in [0.15, 0.2) is 11.5 Å². The molecule has 2 unspecified atom stereocenters. The molecule has 20 heavy (non-hydrogen) atoms. The third-order valence-electron chi connectivity index (χ3n) is 3.65. The highest BCUT2D eigenvalue weighted by molar-refractivity contribution is 9.09. The molecule has 0 saturated carbocycles. The lowest BCUT2D eigenvalue weighted by Gasteiger charge is -2.29. The normalized spacial score (nSPS) is 23.6. The fourth-order valence-electron chi connectivity index (χ4n) is 2.58. The fourth-order valence-corrected chi connectivity index (χ4v) is 3.22. The predicted molar refractivity (Wildman–Crippen MR) is 84.0 cm³/mol. The molecule has 2 rings (SSSR count). The Morgan fingerprint density at radius 2 is 1.95 bits per heavy atom. The van der Waals surface area contributed by atoms with Crippen LogP contribution in [0, 0.1) is 0 Å². The van der Waals surface area contributed by atoms with E-state index < -0.39 is 0 Å². The smallest absolute Gasteiger partial charge is 0.161 e. The number of benzene rings is 1. The number of hydrogen-bond acceptors (Lipinski definition) is 3. The first-order chi connectivity index (χ1) is 9.60. The molecule has 0 radical (unpaired) electrons. The summed E-state index contributed by atoms with van der Waals surface area (Å²) in [5.74, 6) is 1.60. The summed E-state index contributed by atoms with van der Waals surface area (Å²) in [4.78, 5) is 0.160. The second kappa shape index (κ2) is 6.81. The fraction of sp³-hybridized carbons (Fsp3) is 0.625. The first-order valence-corrected chi connectivity index (χ1v) is 8.20. The van der Waals surface area contributed by atoms with Gasteiger partial charge in [0.25, 0.3) is 0 Å². The molecule has 1 fully saturated rings. The van der Waals surface area contributed by atoms with E-state index in [1.54, 1.807) is 0 Å². The van der Waals surface area contributed by atoms with Crippen molar-refractivity contribution in [3.8, 4) is 11.5 Å². The van der Waals surface area contributed by atoms with Crippen LogP contribution in [0.25, 0.3) is 0 Å². The van der Waals surface area contributed by atoms with Crippen molar-refractivity contribution in [1.29, 1.82) is 0 Å². The Kier molecular flexibility index (Phi) is 5.33. The van der Waals surface area contributed by atoms with Gasteiger partial charge in [-0.1, -0.05) is 22.0 Å². The van der Waals surface area contributed by atoms with Crippen LogP contribution in [0.1, 0.15) is 44.0 Å². The van der Waals surface area contributed by atoms with Crippen molar-refractivity contribution in [2.45, 2.75) is 44.0 Å². The number of alkyl halides is 1. The number of hydrogen-bond donors (Lipinski definition) is 0. The van der Waals surface area contributed by atoms with Gasteiger partial charge >= 0.3 is 0 Å². The third kappa shape index (κ3) is 3.29.